The number of nitrogens with zero attached hydrogens (tertiary/aromatic N) is 1. The van der Waals surface area contributed by atoms with E-state index in [-0.39, 0.29) is 35.9 Å². The number of benzene rings is 1. The molecule has 6 heteroatoms. The molecule has 2 N–H and O–H groups in total. The van der Waals surface area contributed by atoms with Crippen LogP contribution >= 0.6 is 24.0 Å². The molecule has 0 amide bonds. The Morgan fingerprint density at radius 2 is 1.95 bits per heavy atom. The van der Waals surface area contributed by atoms with Crippen molar-refractivity contribution in [3.63, 3.8) is 0 Å². The first-order valence-corrected chi connectivity index (χ1v) is 6.02. The van der Waals surface area contributed by atoms with E-state index in [1.165, 1.54) is 12.1 Å². The van der Waals surface area contributed by atoms with Gasteiger partial charge in [0.15, 0.2) is 5.96 Å². The molecule has 1 unspecified atom stereocenters. The lowest BCUT2D eigenvalue weighted by Gasteiger charge is -2.17. The molecule has 1 aromatic carbocycles. The molecule has 0 fully saturated rings. The Balaban J connectivity index is 0.00000324. The fourth-order valence-corrected chi connectivity index (χ4v) is 1.42. The Hall–Kier alpha value is -1.05. The van der Waals surface area contributed by atoms with E-state index in [9.17, 15) is 4.39 Å². The van der Waals surface area contributed by atoms with Crippen molar-refractivity contribution in [1.82, 2.24) is 10.6 Å². The summed E-state index contributed by atoms with van der Waals surface area (Å²) < 4.78 is 18.3. The Bertz CT molecular complexity index is 384. The molecular formula is C13H21FIN3O. The van der Waals surface area contributed by atoms with Crippen LogP contribution in [0.3, 0.4) is 0 Å². The minimum absolute atomic E-state index is 0. The maximum atomic E-state index is 12.7. The van der Waals surface area contributed by atoms with Gasteiger partial charge >= 0.3 is 0 Å². The maximum Gasteiger partial charge on any atom is 0.191 e. The summed E-state index contributed by atoms with van der Waals surface area (Å²) in [4.78, 5) is 4.06. The fourth-order valence-electron chi connectivity index (χ4n) is 1.42. The number of guanidine groups is 1. The summed E-state index contributed by atoms with van der Waals surface area (Å²) in [5, 5.41) is 6.23. The molecule has 1 rings (SSSR count). The van der Waals surface area contributed by atoms with Gasteiger partial charge in [-0.1, -0.05) is 0 Å². The summed E-state index contributed by atoms with van der Waals surface area (Å²) in [5.74, 6) is 1.14. The average Bonchev–Trinajstić information content (AvgIpc) is 2.37. The van der Waals surface area contributed by atoms with Crippen LogP contribution in [-0.4, -0.2) is 32.2 Å². The van der Waals surface area contributed by atoms with Crippen LogP contribution in [0.15, 0.2) is 29.3 Å². The first kappa shape index (κ1) is 17.9. The maximum absolute atomic E-state index is 12.7. The molecule has 19 heavy (non-hydrogen) atoms. The highest BCUT2D eigenvalue weighted by Gasteiger charge is 2.05. The van der Waals surface area contributed by atoms with Gasteiger partial charge in [-0.3, -0.25) is 4.99 Å². The van der Waals surface area contributed by atoms with E-state index < -0.39 is 0 Å². The molecule has 1 atom stereocenters. The smallest absolute Gasteiger partial charge is 0.191 e. The van der Waals surface area contributed by atoms with Gasteiger partial charge in [-0.2, -0.15) is 0 Å². The van der Waals surface area contributed by atoms with Gasteiger partial charge in [-0.15, -0.1) is 24.0 Å². The fraction of sp³-hybridized carbons (Fsp3) is 0.462. The normalized spacial score (nSPS) is 12.3. The van der Waals surface area contributed by atoms with E-state index in [0.717, 1.165) is 12.5 Å². The summed E-state index contributed by atoms with van der Waals surface area (Å²) in [5.41, 5.74) is 0. The Kier molecular flexibility index (Phi) is 9.28. The molecule has 0 saturated carbocycles. The van der Waals surface area contributed by atoms with Crippen LogP contribution in [0.1, 0.15) is 13.8 Å². The monoisotopic (exact) mass is 381 g/mol. The van der Waals surface area contributed by atoms with E-state index in [1.807, 2.05) is 13.8 Å². The zero-order valence-electron chi connectivity index (χ0n) is 11.4. The number of hydrogen-bond donors (Lipinski definition) is 2. The van der Waals surface area contributed by atoms with Gasteiger partial charge in [0.2, 0.25) is 0 Å². The van der Waals surface area contributed by atoms with Gasteiger partial charge in [0.05, 0.1) is 6.54 Å². The summed E-state index contributed by atoms with van der Waals surface area (Å²) in [6, 6.07) is 6.00. The second kappa shape index (κ2) is 9.82. The van der Waals surface area contributed by atoms with Crippen molar-refractivity contribution in [3.8, 4) is 5.75 Å². The SMILES string of the molecule is CCNC(=NC)NCC(C)Oc1ccc(F)cc1.I. The molecule has 0 spiro atoms. The second-order valence-electron chi connectivity index (χ2n) is 3.87. The number of hydrogen-bond acceptors (Lipinski definition) is 2. The minimum Gasteiger partial charge on any atom is -0.489 e. The van der Waals surface area contributed by atoms with Crippen molar-refractivity contribution in [1.29, 1.82) is 0 Å². The van der Waals surface area contributed by atoms with Crippen LogP contribution in [0.25, 0.3) is 0 Å². The predicted octanol–water partition coefficient (Wildman–Crippen LogP) is 2.40. The largest absolute Gasteiger partial charge is 0.489 e. The van der Waals surface area contributed by atoms with E-state index in [1.54, 1.807) is 19.2 Å². The highest BCUT2D eigenvalue weighted by Crippen LogP contribution is 2.12. The van der Waals surface area contributed by atoms with E-state index in [2.05, 4.69) is 15.6 Å². The number of halogens is 2. The lowest BCUT2D eigenvalue weighted by atomic mass is 10.3. The molecule has 0 aliphatic heterocycles. The molecule has 4 nitrogen and oxygen atoms in total. The van der Waals surface area contributed by atoms with Crippen molar-refractivity contribution in [2.75, 3.05) is 20.1 Å². The number of rotatable bonds is 5. The third-order valence-electron chi connectivity index (χ3n) is 2.28. The quantitative estimate of drug-likeness (QED) is 0.468. The lowest BCUT2D eigenvalue weighted by Crippen LogP contribution is -2.41. The van der Waals surface area contributed by atoms with Gasteiger partial charge in [0.1, 0.15) is 17.7 Å². The minimum atomic E-state index is -0.263. The third kappa shape index (κ3) is 7.19. The summed E-state index contributed by atoms with van der Waals surface area (Å²) in [6.45, 7) is 5.38. The van der Waals surface area contributed by atoms with Crippen molar-refractivity contribution in [2.45, 2.75) is 20.0 Å². The van der Waals surface area contributed by atoms with Crippen LogP contribution < -0.4 is 15.4 Å². The van der Waals surface area contributed by atoms with Crippen LogP contribution in [0.5, 0.6) is 5.75 Å². The molecule has 1 aromatic rings. The summed E-state index contributed by atoms with van der Waals surface area (Å²) in [7, 11) is 1.72. The zero-order chi connectivity index (χ0) is 13.4. The first-order valence-electron chi connectivity index (χ1n) is 6.02. The summed E-state index contributed by atoms with van der Waals surface area (Å²) >= 11 is 0. The van der Waals surface area contributed by atoms with Crippen molar-refractivity contribution in [3.05, 3.63) is 30.1 Å². The van der Waals surface area contributed by atoms with Crippen molar-refractivity contribution < 1.29 is 9.13 Å². The number of ether oxygens (including phenoxy) is 1. The van der Waals surface area contributed by atoms with Crippen molar-refractivity contribution >= 4 is 29.9 Å². The van der Waals surface area contributed by atoms with Crippen LogP contribution in [0, 0.1) is 5.82 Å². The van der Waals surface area contributed by atoms with Gasteiger partial charge < -0.3 is 15.4 Å². The molecule has 0 aliphatic carbocycles. The zero-order valence-corrected chi connectivity index (χ0v) is 13.8. The molecule has 0 saturated heterocycles. The van der Waals surface area contributed by atoms with Crippen LogP contribution in [0.2, 0.25) is 0 Å². The Labute approximate surface area is 130 Å². The van der Waals surface area contributed by atoms with Gasteiger partial charge in [-0.25, -0.2) is 4.39 Å². The van der Waals surface area contributed by atoms with Gasteiger partial charge in [0.25, 0.3) is 0 Å². The molecule has 0 heterocycles. The Morgan fingerprint density at radius 1 is 1.32 bits per heavy atom. The number of nitrogens with one attached hydrogen (secondary N) is 2. The third-order valence-corrected chi connectivity index (χ3v) is 2.28. The standard InChI is InChI=1S/C13H20FN3O.HI/c1-4-16-13(15-3)17-9-10(2)18-12-7-5-11(14)6-8-12;/h5-8,10H,4,9H2,1-3H3,(H2,15,16,17);1H. The van der Waals surface area contributed by atoms with Crippen LogP contribution in [-0.2, 0) is 0 Å². The van der Waals surface area contributed by atoms with Crippen molar-refractivity contribution in [2.24, 2.45) is 4.99 Å². The topological polar surface area (TPSA) is 45.7 Å². The van der Waals surface area contributed by atoms with E-state index >= 15 is 0 Å². The van der Waals surface area contributed by atoms with E-state index in [4.69, 9.17) is 4.74 Å². The lowest BCUT2D eigenvalue weighted by molar-refractivity contribution is 0.223. The predicted molar refractivity (Wildman–Crippen MR) is 86.9 cm³/mol. The van der Waals surface area contributed by atoms with Gasteiger partial charge in [-0.05, 0) is 38.1 Å². The van der Waals surface area contributed by atoms with E-state index in [0.29, 0.717) is 12.3 Å². The Morgan fingerprint density at radius 3 is 2.47 bits per heavy atom. The molecule has 0 bridgehead atoms. The summed E-state index contributed by atoms with van der Waals surface area (Å²) in [6.07, 6.45) is -0.0362. The molecule has 0 aromatic heterocycles. The highest BCUT2D eigenvalue weighted by atomic mass is 127. The van der Waals surface area contributed by atoms with Crippen LogP contribution in [0.4, 0.5) is 4.39 Å². The molecular weight excluding hydrogens is 360 g/mol. The average molecular weight is 381 g/mol. The second-order valence-corrected chi connectivity index (χ2v) is 3.87. The first-order chi connectivity index (χ1) is 8.65. The van der Waals surface area contributed by atoms with Gasteiger partial charge in [0, 0.05) is 13.6 Å². The molecule has 108 valence electrons. The molecule has 0 radical (unpaired) electrons. The highest BCUT2D eigenvalue weighted by molar-refractivity contribution is 14.0. The molecule has 0 aliphatic rings. The number of aliphatic imine (C=N–C) groups is 1.